The second-order valence-corrected chi connectivity index (χ2v) is 9.82. The molecule has 6 heteroatoms. The summed E-state index contributed by atoms with van der Waals surface area (Å²) in [6.07, 6.45) is 3.22. The van der Waals surface area contributed by atoms with Crippen LogP contribution < -0.4 is 5.32 Å². The van der Waals surface area contributed by atoms with E-state index >= 15 is 0 Å². The molecule has 1 fully saturated rings. The minimum absolute atomic E-state index is 0.0280. The number of carbonyl (C=O) groups excluding carboxylic acids is 2. The highest BCUT2D eigenvalue weighted by atomic mass is 79.9. The fourth-order valence-corrected chi connectivity index (χ4v) is 5.93. The molecule has 1 aliphatic carbocycles. The van der Waals surface area contributed by atoms with Crippen LogP contribution in [0.4, 0.5) is 0 Å². The van der Waals surface area contributed by atoms with E-state index in [1.807, 2.05) is 31.2 Å². The van der Waals surface area contributed by atoms with Crippen molar-refractivity contribution < 1.29 is 14.3 Å². The number of ether oxygens (including phenoxy) is 1. The number of rotatable bonds is 6. The molecule has 1 unspecified atom stereocenters. The van der Waals surface area contributed by atoms with Crippen LogP contribution in [0.3, 0.4) is 0 Å². The molecule has 0 bridgehead atoms. The van der Waals surface area contributed by atoms with Crippen LogP contribution in [0.5, 0.6) is 0 Å². The highest BCUT2D eigenvalue weighted by Crippen LogP contribution is 2.53. The molecule has 4 rings (SSSR count). The quantitative estimate of drug-likeness (QED) is 0.449. The average molecular weight is 499 g/mol. The van der Waals surface area contributed by atoms with E-state index in [0.29, 0.717) is 19.6 Å². The monoisotopic (exact) mass is 498 g/mol. The maximum Gasteiger partial charge on any atom is 0.306 e. The Labute approximate surface area is 198 Å². The van der Waals surface area contributed by atoms with Gasteiger partial charge in [-0.1, -0.05) is 36.4 Å². The number of benzene rings is 2. The first-order valence-electron chi connectivity index (χ1n) is 11.5. The lowest BCUT2D eigenvalue weighted by Crippen LogP contribution is -2.39. The largest absolute Gasteiger partial charge is 0.466 e. The molecule has 0 radical (unpaired) electrons. The predicted octanol–water partition coefficient (Wildman–Crippen LogP) is 5.01. The topological polar surface area (TPSA) is 58.6 Å². The molecule has 1 atom stereocenters. The zero-order chi connectivity index (χ0) is 22.7. The number of aryl methyl sites for hydroxylation is 1. The third kappa shape index (κ3) is 4.48. The van der Waals surface area contributed by atoms with Crippen LogP contribution in [0, 0.1) is 6.92 Å². The van der Waals surface area contributed by atoms with E-state index in [2.05, 4.69) is 46.6 Å². The van der Waals surface area contributed by atoms with E-state index in [1.165, 1.54) is 0 Å². The molecule has 1 amide bonds. The van der Waals surface area contributed by atoms with Gasteiger partial charge in [-0.25, -0.2) is 0 Å². The van der Waals surface area contributed by atoms with Crippen molar-refractivity contribution in [3.63, 3.8) is 0 Å². The molecule has 170 valence electrons. The number of halogens is 1. The summed E-state index contributed by atoms with van der Waals surface area (Å²) in [5, 5.41) is 3.46. The van der Waals surface area contributed by atoms with Crippen molar-refractivity contribution in [1.82, 2.24) is 9.24 Å². The molecule has 0 aromatic heterocycles. The van der Waals surface area contributed by atoms with Crippen molar-refractivity contribution in [2.45, 2.75) is 57.4 Å². The standard InChI is InChI=1S/C26H31BrN2O3/c1-3-32-23(30)15-20-16-26(11-13-28-14-12-26)24-21(20)9-6-10-22(24)25(31)29(27)17-19-8-5-4-7-18(19)2/h4-10,20,28H,3,11-17H2,1-2H3. The number of piperidine rings is 1. The third-order valence-corrected chi connectivity index (χ3v) is 7.58. The number of hydrogen-bond acceptors (Lipinski definition) is 4. The van der Waals surface area contributed by atoms with E-state index in [4.69, 9.17) is 4.74 Å². The van der Waals surface area contributed by atoms with Crippen molar-refractivity contribution >= 4 is 28.0 Å². The number of hydrogen-bond donors (Lipinski definition) is 1. The minimum Gasteiger partial charge on any atom is -0.466 e. The Kier molecular flexibility index (Phi) is 7.01. The summed E-state index contributed by atoms with van der Waals surface area (Å²) in [5.41, 5.74) is 5.24. The molecule has 1 aliphatic heterocycles. The highest BCUT2D eigenvalue weighted by molar-refractivity contribution is 9.07. The number of nitrogens with one attached hydrogen (secondary N) is 1. The first kappa shape index (κ1) is 23.0. The normalized spacial score (nSPS) is 18.9. The number of amides is 1. The van der Waals surface area contributed by atoms with Crippen LogP contribution >= 0.6 is 16.1 Å². The van der Waals surface area contributed by atoms with Crippen molar-refractivity contribution in [2.75, 3.05) is 19.7 Å². The van der Waals surface area contributed by atoms with Gasteiger partial charge >= 0.3 is 5.97 Å². The van der Waals surface area contributed by atoms with Gasteiger partial charge in [-0.3, -0.25) is 13.5 Å². The van der Waals surface area contributed by atoms with Gasteiger partial charge in [0, 0.05) is 5.56 Å². The maximum atomic E-state index is 13.6. The van der Waals surface area contributed by atoms with Crippen LogP contribution in [0.15, 0.2) is 42.5 Å². The van der Waals surface area contributed by atoms with Crippen molar-refractivity contribution in [1.29, 1.82) is 0 Å². The predicted molar refractivity (Wildman–Crippen MR) is 129 cm³/mol. The van der Waals surface area contributed by atoms with Gasteiger partial charge in [0.25, 0.3) is 5.91 Å². The molecule has 2 aromatic rings. The Hall–Kier alpha value is -2.18. The van der Waals surface area contributed by atoms with Gasteiger partial charge in [-0.15, -0.1) is 0 Å². The lowest BCUT2D eigenvalue weighted by Gasteiger charge is -2.36. The second-order valence-electron chi connectivity index (χ2n) is 8.96. The van der Waals surface area contributed by atoms with Crippen LogP contribution in [-0.2, 0) is 21.5 Å². The van der Waals surface area contributed by atoms with Crippen molar-refractivity contribution in [3.05, 3.63) is 70.3 Å². The lowest BCUT2D eigenvalue weighted by atomic mass is 9.72. The van der Waals surface area contributed by atoms with Crippen molar-refractivity contribution in [3.8, 4) is 0 Å². The Morgan fingerprint density at radius 3 is 2.62 bits per heavy atom. The molecule has 2 aromatic carbocycles. The minimum atomic E-state index is -0.159. The van der Waals surface area contributed by atoms with Gasteiger partial charge in [-0.2, -0.15) is 0 Å². The van der Waals surface area contributed by atoms with Gasteiger partial charge in [0.05, 0.1) is 35.7 Å². The molecule has 1 spiro atoms. The molecular weight excluding hydrogens is 468 g/mol. The summed E-state index contributed by atoms with van der Waals surface area (Å²) in [6.45, 7) is 6.64. The highest BCUT2D eigenvalue weighted by Gasteiger charge is 2.47. The van der Waals surface area contributed by atoms with Crippen LogP contribution in [0.1, 0.15) is 71.1 Å². The van der Waals surface area contributed by atoms with Gasteiger partial charge < -0.3 is 10.1 Å². The number of carbonyl (C=O) groups is 2. The SMILES string of the molecule is CCOC(=O)CC1CC2(CCNCC2)c2c(C(=O)N(Br)Cc3ccccc3C)cccc21. The molecule has 32 heavy (non-hydrogen) atoms. The molecule has 0 saturated carbocycles. The molecule has 2 aliphatic rings. The zero-order valence-electron chi connectivity index (χ0n) is 18.8. The van der Waals surface area contributed by atoms with Gasteiger partial charge in [0.2, 0.25) is 0 Å². The summed E-state index contributed by atoms with van der Waals surface area (Å²) >= 11 is 3.54. The summed E-state index contributed by atoms with van der Waals surface area (Å²) < 4.78 is 6.89. The maximum absolute atomic E-state index is 13.6. The first-order chi connectivity index (χ1) is 15.4. The van der Waals surface area contributed by atoms with E-state index < -0.39 is 0 Å². The Bertz CT molecular complexity index is 1000. The Morgan fingerprint density at radius 1 is 1.16 bits per heavy atom. The lowest BCUT2D eigenvalue weighted by molar-refractivity contribution is -0.143. The molecule has 5 nitrogen and oxygen atoms in total. The Balaban J connectivity index is 1.68. The first-order valence-corrected chi connectivity index (χ1v) is 12.2. The summed E-state index contributed by atoms with van der Waals surface area (Å²) in [7, 11) is 0. The zero-order valence-corrected chi connectivity index (χ0v) is 20.4. The molecular formula is C26H31BrN2O3. The van der Waals surface area contributed by atoms with Gasteiger partial charge in [0.15, 0.2) is 0 Å². The fraction of sp³-hybridized carbons (Fsp3) is 0.462. The third-order valence-electron chi connectivity index (χ3n) is 7.00. The number of esters is 1. The van der Waals surface area contributed by atoms with E-state index in [0.717, 1.165) is 60.2 Å². The van der Waals surface area contributed by atoms with Crippen LogP contribution in [0.2, 0.25) is 0 Å². The fourth-order valence-electron chi connectivity index (χ4n) is 5.47. The van der Waals surface area contributed by atoms with E-state index in [-0.39, 0.29) is 23.2 Å². The summed E-state index contributed by atoms with van der Waals surface area (Å²) in [4.78, 5) is 26.0. The van der Waals surface area contributed by atoms with E-state index in [1.54, 1.807) is 3.93 Å². The average Bonchev–Trinajstić information content (AvgIpc) is 3.08. The van der Waals surface area contributed by atoms with Gasteiger partial charge in [0.1, 0.15) is 0 Å². The number of fused-ring (bicyclic) bond motifs is 2. The summed E-state index contributed by atoms with van der Waals surface area (Å²) in [5.74, 6) is -0.0947. The van der Waals surface area contributed by atoms with Gasteiger partial charge in [-0.05, 0) is 85.9 Å². The molecule has 1 N–H and O–H groups in total. The smallest absolute Gasteiger partial charge is 0.306 e. The molecule has 1 saturated heterocycles. The number of nitrogens with zero attached hydrogens (tertiary/aromatic N) is 1. The van der Waals surface area contributed by atoms with Crippen LogP contribution in [-0.4, -0.2) is 35.5 Å². The second kappa shape index (κ2) is 9.75. The molecule has 1 heterocycles. The van der Waals surface area contributed by atoms with Crippen LogP contribution in [0.25, 0.3) is 0 Å². The Morgan fingerprint density at radius 2 is 1.91 bits per heavy atom. The van der Waals surface area contributed by atoms with E-state index in [9.17, 15) is 9.59 Å². The summed E-state index contributed by atoms with van der Waals surface area (Å²) in [6, 6.07) is 14.1. The van der Waals surface area contributed by atoms with Crippen molar-refractivity contribution in [2.24, 2.45) is 0 Å².